The molecule has 1 rings (SSSR count). The minimum Gasteiger partial charge on any atom is -0.330 e. The van der Waals surface area contributed by atoms with Crippen molar-refractivity contribution in [3.63, 3.8) is 0 Å². The van der Waals surface area contributed by atoms with Gasteiger partial charge in [-0.1, -0.05) is 26.0 Å². The van der Waals surface area contributed by atoms with E-state index < -0.39 is 5.82 Å². The molecule has 0 unspecified atom stereocenters. The summed E-state index contributed by atoms with van der Waals surface area (Å²) in [5, 5.41) is 2.58. The summed E-state index contributed by atoms with van der Waals surface area (Å²) in [6, 6.07) is 6.16. The summed E-state index contributed by atoms with van der Waals surface area (Å²) >= 11 is 0. The molecule has 0 saturated heterocycles. The van der Waals surface area contributed by atoms with Gasteiger partial charge in [0.15, 0.2) is 0 Å². The molecule has 4 nitrogen and oxygen atoms in total. The van der Waals surface area contributed by atoms with Crippen molar-refractivity contribution < 1.29 is 9.18 Å². The fraction of sp³-hybridized carbons (Fsp3) is 0.533. The van der Waals surface area contributed by atoms with Crippen molar-refractivity contribution >= 4 is 11.6 Å². The van der Waals surface area contributed by atoms with Crippen LogP contribution in [0.15, 0.2) is 24.3 Å². The Kier molecular flexibility index (Phi) is 6.10. The molecule has 112 valence electrons. The molecule has 20 heavy (non-hydrogen) atoms. The van der Waals surface area contributed by atoms with Gasteiger partial charge >= 0.3 is 0 Å². The van der Waals surface area contributed by atoms with Crippen LogP contribution in [0.25, 0.3) is 0 Å². The first-order valence-corrected chi connectivity index (χ1v) is 6.77. The quantitative estimate of drug-likeness (QED) is 0.804. The normalized spacial score (nSPS) is 11.7. The van der Waals surface area contributed by atoms with Gasteiger partial charge < -0.3 is 16.0 Å². The fourth-order valence-electron chi connectivity index (χ4n) is 1.94. The van der Waals surface area contributed by atoms with Crippen LogP contribution < -0.4 is 11.1 Å². The summed E-state index contributed by atoms with van der Waals surface area (Å²) < 4.78 is 13.4. The third-order valence-electron chi connectivity index (χ3n) is 3.12. The van der Waals surface area contributed by atoms with Gasteiger partial charge in [-0.2, -0.15) is 0 Å². The summed E-state index contributed by atoms with van der Waals surface area (Å²) in [7, 11) is 1.95. The molecule has 0 aromatic heterocycles. The highest BCUT2D eigenvalue weighted by atomic mass is 19.1. The zero-order valence-corrected chi connectivity index (χ0v) is 12.4. The number of carbonyl (C=O) groups is 1. The van der Waals surface area contributed by atoms with E-state index in [1.807, 2.05) is 7.05 Å². The number of hydrogen-bond donors (Lipinski definition) is 2. The minimum absolute atomic E-state index is 0.0246. The second-order valence-corrected chi connectivity index (χ2v) is 5.88. The standard InChI is InChI=1S/C15H24FN3O/c1-15(2,10-17)11-19(3)9-8-14(20)18-13-7-5-4-6-12(13)16/h4-7H,8-11,17H2,1-3H3,(H,18,20). The molecule has 0 atom stereocenters. The zero-order valence-electron chi connectivity index (χ0n) is 12.4. The van der Waals surface area contributed by atoms with E-state index in [1.165, 1.54) is 6.07 Å². The monoisotopic (exact) mass is 281 g/mol. The van der Waals surface area contributed by atoms with Crippen molar-refractivity contribution in [2.75, 3.05) is 32.0 Å². The van der Waals surface area contributed by atoms with Gasteiger partial charge in [-0.05, 0) is 31.1 Å². The first-order chi connectivity index (χ1) is 9.34. The molecule has 1 amide bonds. The molecule has 0 aliphatic heterocycles. The highest BCUT2D eigenvalue weighted by Gasteiger charge is 2.18. The van der Waals surface area contributed by atoms with Crippen LogP contribution in [0.5, 0.6) is 0 Å². The van der Waals surface area contributed by atoms with E-state index in [2.05, 4.69) is 24.1 Å². The lowest BCUT2D eigenvalue weighted by molar-refractivity contribution is -0.116. The number of carbonyl (C=O) groups excluding carboxylic acids is 1. The molecule has 5 heteroatoms. The summed E-state index contributed by atoms with van der Waals surface area (Å²) in [6.45, 7) is 6.20. The third-order valence-corrected chi connectivity index (χ3v) is 3.12. The average Bonchev–Trinajstić information content (AvgIpc) is 2.39. The third kappa shape index (κ3) is 5.67. The largest absolute Gasteiger partial charge is 0.330 e. The van der Waals surface area contributed by atoms with Crippen molar-refractivity contribution in [1.82, 2.24) is 4.90 Å². The van der Waals surface area contributed by atoms with Gasteiger partial charge in [-0.3, -0.25) is 4.79 Å². The van der Waals surface area contributed by atoms with Gasteiger partial charge in [-0.15, -0.1) is 0 Å². The van der Waals surface area contributed by atoms with Crippen molar-refractivity contribution in [2.24, 2.45) is 11.1 Å². The van der Waals surface area contributed by atoms with Crippen molar-refractivity contribution in [1.29, 1.82) is 0 Å². The molecule has 0 spiro atoms. The van der Waals surface area contributed by atoms with Crippen LogP contribution in [0.2, 0.25) is 0 Å². The number of anilines is 1. The first-order valence-electron chi connectivity index (χ1n) is 6.77. The number of rotatable bonds is 7. The molecule has 0 bridgehead atoms. The Hall–Kier alpha value is -1.46. The molecular weight excluding hydrogens is 257 g/mol. The molecular formula is C15H24FN3O. The van der Waals surface area contributed by atoms with Crippen LogP contribution in [-0.4, -0.2) is 37.5 Å². The molecule has 3 N–H and O–H groups in total. The van der Waals surface area contributed by atoms with Crippen molar-refractivity contribution in [3.05, 3.63) is 30.1 Å². The van der Waals surface area contributed by atoms with Crippen molar-refractivity contribution in [2.45, 2.75) is 20.3 Å². The predicted octanol–water partition coefficient (Wildman–Crippen LogP) is 2.07. The highest BCUT2D eigenvalue weighted by molar-refractivity contribution is 5.90. The van der Waals surface area contributed by atoms with E-state index in [0.717, 1.165) is 6.54 Å². The van der Waals surface area contributed by atoms with Crippen LogP contribution in [-0.2, 0) is 4.79 Å². The Morgan fingerprint density at radius 1 is 1.40 bits per heavy atom. The summed E-state index contributed by atoms with van der Waals surface area (Å²) in [5.41, 5.74) is 5.93. The number of amides is 1. The van der Waals surface area contributed by atoms with Crippen molar-refractivity contribution in [3.8, 4) is 0 Å². The lowest BCUT2D eigenvalue weighted by Gasteiger charge is -2.28. The molecule has 1 aromatic rings. The zero-order chi connectivity index (χ0) is 15.2. The highest BCUT2D eigenvalue weighted by Crippen LogP contribution is 2.15. The molecule has 0 aliphatic rings. The Morgan fingerprint density at radius 2 is 2.05 bits per heavy atom. The predicted molar refractivity (Wildman–Crippen MR) is 80.0 cm³/mol. The molecule has 1 aromatic carbocycles. The second kappa shape index (κ2) is 7.36. The van der Waals surface area contributed by atoms with E-state index in [4.69, 9.17) is 5.73 Å². The maximum absolute atomic E-state index is 13.4. The smallest absolute Gasteiger partial charge is 0.225 e. The maximum atomic E-state index is 13.4. The Labute approximate surface area is 120 Å². The van der Waals surface area contributed by atoms with Crippen LogP contribution >= 0.6 is 0 Å². The molecule has 0 fully saturated rings. The fourth-order valence-corrected chi connectivity index (χ4v) is 1.94. The first kappa shape index (κ1) is 16.6. The van der Waals surface area contributed by atoms with Crippen LogP contribution in [0.4, 0.5) is 10.1 Å². The van der Waals surface area contributed by atoms with Gasteiger partial charge in [0.2, 0.25) is 5.91 Å². The van der Waals surface area contributed by atoms with Gasteiger partial charge in [0.05, 0.1) is 5.69 Å². The second-order valence-electron chi connectivity index (χ2n) is 5.88. The number of benzene rings is 1. The van der Waals surface area contributed by atoms with E-state index in [-0.39, 0.29) is 17.0 Å². The van der Waals surface area contributed by atoms with Crippen LogP contribution in [0.3, 0.4) is 0 Å². The number of nitrogens with zero attached hydrogens (tertiary/aromatic N) is 1. The summed E-state index contributed by atoms with van der Waals surface area (Å²) in [5.74, 6) is -0.606. The van der Waals surface area contributed by atoms with E-state index in [1.54, 1.807) is 18.2 Å². The summed E-state index contributed by atoms with van der Waals surface area (Å²) in [6.07, 6.45) is 0.325. The minimum atomic E-state index is -0.418. The molecule has 0 radical (unpaired) electrons. The van der Waals surface area contributed by atoms with Crippen LogP contribution in [0, 0.1) is 11.2 Å². The molecule has 0 saturated carbocycles. The Bertz CT molecular complexity index is 448. The number of halogens is 1. The number of nitrogens with one attached hydrogen (secondary N) is 1. The topological polar surface area (TPSA) is 58.4 Å². The SMILES string of the molecule is CN(CCC(=O)Nc1ccccc1F)CC(C)(C)CN. The molecule has 0 heterocycles. The number of nitrogens with two attached hydrogens (primary N) is 1. The van der Waals surface area contributed by atoms with Gasteiger partial charge in [0, 0.05) is 19.5 Å². The lowest BCUT2D eigenvalue weighted by atomic mass is 9.93. The average molecular weight is 281 g/mol. The maximum Gasteiger partial charge on any atom is 0.225 e. The Balaban J connectivity index is 2.39. The number of para-hydroxylation sites is 1. The van der Waals surface area contributed by atoms with E-state index in [0.29, 0.717) is 19.5 Å². The van der Waals surface area contributed by atoms with Crippen LogP contribution in [0.1, 0.15) is 20.3 Å². The lowest BCUT2D eigenvalue weighted by Crippen LogP contribution is -2.37. The van der Waals surface area contributed by atoms with E-state index in [9.17, 15) is 9.18 Å². The summed E-state index contributed by atoms with van der Waals surface area (Å²) in [4.78, 5) is 13.8. The molecule has 0 aliphatic carbocycles. The van der Waals surface area contributed by atoms with Gasteiger partial charge in [0.1, 0.15) is 5.82 Å². The van der Waals surface area contributed by atoms with Gasteiger partial charge in [0.25, 0.3) is 0 Å². The van der Waals surface area contributed by atoms with E-state index >= 15 is 0 Å². The van der Waals surface area contributed by atoms with Gasteiger partial charge in [-0.25, -0.2) is 4.39 Å². The number of hydrogen-bond acceptors (Lipinski definition) is 3. The Morgan fingerprint density at radius 3 is 2.65 bits per heavy atom.